The van der Waals surface area contributed by atoms with Gasteiger partial charge in [0.25, 0.3) is 0 Å². The highest BCUT2D eigenvalue weighted by Crippen LogP contribution is 2.26. The lowest BCUT2D eigenvalue weighted by Gasteiger charge is -2.18. The van der Waals surface area contributed by atoms with E-state index in [1.54, 1.807) is 0 Å². The molecule has 1 aromatic heterocycles. The molecule has 0 radical (unpaired) electrons. The van der Waals surface area contributed by atoms with Crippen LogP contribution in [0.15, 0.2) is 40.2 Å². The molecule has 2 rings (SSSR count). The zero-order valence-corrected chi connectivity index (χ0v) is 15.4. The molecule has 114 valence electrons. The molecule has 1 N–H and O–H groups in total. The van der Waals surface area contributed by atoms with E-state index in [1.807, 2.05) is 23.5 Å². The van der Waals surface area contributed by atoms with E-state index >= 15 is 0 Å². The summed E-state index contributed by atoms with van der Waals surface area (Å²) in [5.41, 5.74) is 1.25. The van der Waals surface area contributed by atoms with E-state index in [0.717, 1.165) is 31.0 Å². The van der Waals surface area contributed by atoms with E-state index in [-0.39, 0.29) is 0 Å². The van der Waals surface area contributed by atoms with Crippen molar-refractivity contribution >= 4 is 38.9 Å². The number of hydrogen-bond acceptors (Lipinski definition) is 2. The molecule has 0 saturated heterocycles. The Morgan fingerprint density at radius 2 is 2.00 bits per heavy atom. The lowest BCUT2D eigenvalue weighted by molar-refractivity contribution is 0.473. The van der Waals surface area contributed by atoms with Gasteiger partial charge in [-0.05, 0) is 78.0 Å². The number of benzene rings is 1. The molecule has 1 nitrogen and oxygen atoms in total. The van der Waals surface area contributed by atoms with Crippen molar-refractivity contribution in [1.29, 1.82) is 0 Å². The molecule has 0 aliphatic carbocycles. The topological polar surface area (TPSA) is 12.0 Å². The van der Waals surface area contributed by atoms with Gasteiger partial charge in [0.15, 0.2) is 0 Å². The first-order chi connectivity index (χ1) is 10.2. The molecule has 1 heterocycles. The van der Waals surface area contributed by atoms with Gasteiger partial charge in [0.2, 0.25) is 0 Å². The third-order valence-electron chi connectivity index (χ3n) is 3.44. The van der Waals surface area contributed by atoms with Gasteiger partial charge in [0.05, 0.1) is 3.79 Å². The second-order valence-electron chi connectivity index (χ2n) is 5.28. The molecule has 0 bridgehead atoms. The van der Waals surface area contributed by atoms with E-state index in [2.05, 4.69) is 52.4 Å². The van der Waals surface area contributed by atoms with Crippen LogP contribution in [0, 0.1) is 5.92 Å². The summed E-state index contributed by atoms with van der Waals surface area (Å²) in [5, 5.41) is 4.43. The molecule has 21 heavy (non-hydrogen) atoms. The number of thiophene rings is 1. The van der Waals surface area contributed by atoms with Crippen molar-refractivity contribution in [3.63, 3.8) is 0 Å². The van der Waals surface area contributed by atoms with Crippen LogP contribution in [0.4, 0.5) is 0 Å². The first kappa shape index (κ1) is 17.0. The van der Waals surface area contributed by atoms with Crippen LogP contribution < -0.4 is 5.32 Å². The molecule has 0 fully saturated rings. The zero-order chi connectivity index (χ0) is 15.1. The van der Waals surface area contributed by atoms with Crippen LogP contribution in [-0.2, 0) is 12.8 Å². The van der Waals surface area contributed by atoms with Gasteiger partial charge in [-0.3, -0.25) is 0 Å². The van der Waals surface area contributed by atoms with Crippen molar-refractivity contribution in [1.82, 2.24) is 5.32 Å². The highest BCUT2D eigenvalue weighted by molar-refractivity contribution is 9.11. The summed E-state index contributed by atoms with van der Waals surface area (Å²) in [6, 6.07) is 12.5. The van der Waals surface area contributed by atoms with Gasteiger partial charge in [-0.2, -0.15) is 0 Å². The van der Waals surface area contributed by atoms with Crippen LogP contribution in [0.2, 0.25) is 5.02 Å². The molecule has 0 aliphatic heterocycles. The van der Waals surface area contributed by atoms with Crippen LogP contribution in [0.5, 0.6) is 0 Å². The van der Waals surface area contributed by atoms with E-state index in [1.165, 1.54) is 20.6 Å². The van der Waals surface area contributed by atoms with E-state index < -0.39 is 0 Å². The van der Waals surface area contributed by atoms with E-state index in [9.17, 15) is 0 Å². The third-order valence-corrected chi connectivity index (χ3v) is 5.46. The van der Waals surface area contributed by atoms with Crippen molar-refractivity contribution in [3.8, 4) is 0 Å². The second kappa shape index (κ2) is 8.94. The maximum Gasteiger partial charge on any atom is 0.0701 e. The number of rotatable bonds is 8. The first-order valence-corrected chi connectivity index (χ1v) is 9.36. The minimum atomic E-state index is 0.571. The maximum absolute atomic E-state index is 6.31. The normalized spacial score (nSPS) is 12.5. The smallest absolute Gasteiger partial charge is 0.0701 e. The largest absolute Gasteiger partial charge is 0.316 e. The first-order valence-electron chi connectivity index (χ1n) is 7.37. The van der Waals surface area contributed by atoms with Gasteiger partial charge >= 0.3 is 0 Å². The lowest BCUT2D eigenvalue weighted by Crippen LogP contribution is -2.26. The average molecular weight is 387 g/mol. The van der Waals surface area contributed by atoms with Gasteiger partial charge in [-0.15, -0.1) is 11.3 Å². The maximum atomic E-state index is 6.31. The Kier molecular flexibility index (Phi) is 7.24. The minimum absolute atomic E-state index is 0.571. The summed E-state index contributed by atoms with van der Waals surface area (Å²) in [6.07, 6.45) is 3.29. The SMILES string of the molecule is CCCNCC(Cc1ccc(Br)s1)Cc1ccccc1Cl. The lowest BCUT2D eigenvalue weighted by atomic mass is 9.95. The van der Waals surface area contributed by atoms with Crippen LogP contribution in [0.3, 0.4) is 0 Å². The fourth-order valence-electron chi connectivity index (χ4n) is 2.42. The summed E-state index contributed by atoms with van der Waals surface area (Å²) in [5.74, 6) is 0.571. The molecule has 0 aliphatic rings. The zero-order valence-electron chi connectivity index (χ0n) is 12.2. The van der Waals surface area contributed by atoms with Crippen molar-refractivity contribution in [2.75, 3.05) is 13.1 Å². The number of hydrogen-bond donors (Lipinski definition) is 1. The van der Waals surface area contributed by atoms with Crippen LogP contribution in [0.1, 0.15) is 23.8 Å². The summed E-state index contributed by atoms with van der Waals surface area (Å²) in [4.78, 5) is 1.43. The average Bonchev–Trinajstić information content (AvgIpc) is 2.87. The number of halogens is 2. The molecule has 2 aromatic rings. The van der Waals surface area contributed by atoms with Crippen molar-refractivity contribution in [3.05, 3.63) is 55.6 Å². The summed E-state index contributed by atoms with van der Waals surface area (Å²) in [7, 11) is 0. The quantitative estimate of drug-likeness (QED) is 0.585. The molecule has 4 heteroatoms. The van der Waals surface area contributed by atoms with Gasteiger partial charge in [-0.25, -0.2) is 0 Å². The van der Waals surface area contributed by atoms with Gasteiger partial charge in [0.1, 0.15) is 0 Å². The molecule has 0 amide bonds. The highest BCUT2D eigenvalue weighted by atomic mass is 79.9. The van der Waals surface area contributed by atoms with Crippen LogP contribution in [0.25, 0.3) is 0 Å². The standard InChI is InChI=1S/C17H21BrClNS/c1-2-9-20-12-13(11-15-7-8-17(18)21-15)10-14-5-3-4-6-16(14)19/h3-8,13,20H,2,9-12H2,1H3. The van der Waals surface area contributed by atoms with Crippen LogP contribution in [-0.4, -0.2) is 13.1 Å². The highest BCUT2D eigenvalue weighted by Gasteiger charge is 2.13. The van der Waals surface area contributed by atoms with E-state index in [0.29, 0.717) is 5.92 Å². The predicted octanol–water partition coefficient (Wildman–Crippen LogP) is 5.57. The molecule has 1 atom stereocenters. The Bertz CT molecular complexity index is 555. The van der Waals surface area contributed by atoms with E-state index in [4.69, 9.17) is 11.6 Å². The fourth-order valence-corrected chi connectivity index (χ4v) is 4.23. The Morgan fingerprint density at radius 3 is 2.67 bits per heavy atom. The summed E-state index contributed by atoms with van der Waals surface area (Å²) >= 11 is 11.7. The molecule has 1 unspecified atom stereocenters. The Morgan fingerprint density at radius 1 is 1.19 bits per heavy atom. The van der Waals surface area contributed by atoms with Crippen molar-refractivity contribution in [2.45, 2.75) is 26.2 Å². The van der Waals surface area contributed by atoms with Crippen LogP contribution >= 0.6 is 38.9 Å². The van der Waals surface area contributed by atoms with Gasteiger partial charge in [0, 0.05) is 9.90 Å². The molecular weight excluding hydrogens is 366 g/mol. The predicted molar refractivity (Wildman–Crippen MR) is 97.5 cm³/mol. The van der Waals surface area contributed by atoms with Gasteiger partial charge < -0.3 is 5.32 Å². The molecule has 0 spiro atoms. The van der Waals surface area contributed by atoms with Crippen molar-refractivity contribution in [2.24, 2.45) is 5.92 Å². The fraction of sp³-hybridized carbons (Fsp3) is 0.412. The second-order valence-corrected chi connectivity index (χ2v) is 8.23. The molecule has 1 aromatic carbocycles. The Hall–Kier alpha value is -0.350. The molecule has 0 saturated carbocycles. The Labute approximate surface area is 144 Å². The summed E-state index contributed by atoms with van der Waals surface area (Å²) < 4.78 is 1.20. The Balaban J connectivity index is 2.02. The van der Waals surface area contributed by atoms with Crippen molar-refractivity contribution < 1.29 is 0 Å². The minimum Gasteiger partial charge on any atom is -0.316 e. The number of nitrogens with one attached hydrogen (secondary N) is 1. The molecular formula is C17H21BrClNS. The third kappa shape index (κ3) is 5.74. The van der Waals surface area contributed by atoms with Gasteiger partial charge in [-0.1, -0.05) is 36.7 Å². The summed E-state index contributed by atoms with van der Waals surface area (Å²) in [6.45, 7) is 4.31. The monoisotopic (exact) mass is 385 g/mol.